The second-order valence-electron chi connectivity index (χ2n) is 13.1. The fraction of sp³-hybridized carbons (Fsp3) is 0.846. The lowest BCUT2D eigenvalue weighted by Gasteiger charge is -2.19. The van der Waals surface area contributed by atoms with E-state index >= 15 is 0 Å². The molecule has 0 aliphatic carbocycles. The van der Waals surface area contributed by atoms with Crippen LogP contribution in [0.3, 0.4) is 0 Å². The molecule has 0 spiro atoms. The van der Waals surface area contributed by atoms with Crippen LogP contribution in [0, 0.1) is 0 Å². The quantitative estimate of drug-likeness (QED) is 0.0279. The van der Waals surface area contributed by atoms with Crippen LogP contribution in [0.1, 0.15) is 181 Å². The second-order valence-corrected chi connectivity index (χ2v) is 14.6. The van der Waals surface area contributed by atoms with Gasteiger partial charge in [-0.15, -0.1) is 0 Å². The van der Waals surface area contributed by atoms with Gasteiger partial charge < -0.3 is 20.1 Å². The van der Waals surface area contributed by atoms with E-state index in [1.54, 1.807) is 0 Å². The molecule has 0 rings (SSSR count). The average molecular weight is 716 g/mol. The van der Waals surface area contributed by atoms with Gasteiger partial charge in [-0.25, -0.2) is 4.57 Å². The Hall–Kier alpha value is -1.51. The maximum Gasteiger partial charge on any atom is 0.472 e. The van der Waals surface area contributed by atoms with E-state index < -0.39 is 32.5 Å². The molecular weight excluding hydrogens is 641 g/mol. The van der Waals surface area contributed by atoms with Crippen LogP contribution in [0.15, 0.2) is 24.3 Å². The van der Waals surface area contributed by atoms with Gasteiger partial charge in [-0.05, 0) is 64.2 Å². The number of nitrogens with two attached hydrogens (primary N) is 1. The van der Waals surface area contributed by atoms with Gasteiger partial charge >= 0.3 is 19.8 Å². The molecule has 49 heavy (non-hydrogen) atoms. The number of esters is 2. The summed E-state index contributed by atoms with van der Waals surface area (Å²) >= 11 is 0. The minimum Gasteiger partial charge on any atom is -0.462 e. The Labute approximate surface area is 300 Å². The smallest absolute Gasteiger partial charge is 0.462 e. The third-order valence-electron chi connectivity index (χ3n) is 8.31. The topological polar surface area (TPSA) is 134 Å². The molecule has 0 heterocycles. The number of hydrogen-bond donors (Lipinski definition) is 2. The maximum atomic E-state index is 12.5. The minimum atomic E-state index is -4.37. The second kappa shape index (κ2) is 36.3. The first-order valence-electron chi connectivity index (χ1n) is 19.8. The first-order chi connectivity index (χ1) is 23.8. The predicted octanol–water partition coefficient (Wildman–Crippen LogP) is 10.8. The molecule has 1 unspecified atom stereocenters. The molecule has 2 atom stereocenters. The lowest BCUT2D eigenvalue weighted by molar-refractivity contribution is -0.161. The van der Waals surface area contributed by atoms with Crippen molar-refractivity contribution in [3.8, 4) is 0 Å². The van der Waals surface area contributed by atoms with Gasteiger partial charge in [0.2, 0.25) is 0 Å². The summed E-state index contributed by atoms with van der Waals surface area (Å²) in [5.74, 6) is -0.847. The Balaban J connectivity index is 4.22. The van der Waals surface area contributed by atoms with Gasteiger partial charge in [0.1, 0.15) is 6.61 Å². The van der Waals surface area contributed by atoms with Gasteiger partial charge in [-0.1, -0.05) is 128 Å². The minimum absolute atomic E-state index is 0.0517. The van der Waals surface area contributed by atoms with Crippen molar-refractivity contribution in [2.24, 2.45) is 5.73 Å². The van der Waals surface area contributed by atoms with Crippen LogP contribution in [0.2, 0.25) is 0 Å². The Morgan fingerprint density at radius 2 is 1.00 bits per heavy atom. The molecule has 0 aromatic rings. The van der Waals surface area contributed by atoms with Crippen LogP contribution in [-0.4, -0.2) is 49.3 Å². The maximum absolute atomic E-state index is 12.5. The van der Waals surface area contributed by atoms with Crippen LogP contribution in [0.5, 0.6) is 0 Å². The molecule has 0 fully saturated rings. The van der Waals surface area contributed by atoms with Crippen molar-refractivity contribution in [3.63, 3.8) is 0 Å². The molecule has 0 bridgehead atoms. The highest BCUT2D eigenvalue weighted by atomic mass is 31.2. The van der Waals surface area contributed by atoms with E-state index in [0.717, 1.165) is 70.6 Å². The molecule has 0 radical (unpaired) electrons. The van der Waals surface area contributed by atoms with Crippen LogP contribution >= 0.6 is 7.82 Å². The average Bonchev–Trinajstić information content (AvgIpc) is 3.08. The largest absolute Gasteiger partial charge is 0.472 e. The molecule has 3 N–H and O–H groups in total. The van der Waals surface area contributed by atoms with Crippen LogP contribution in [-0.2, 0) is 32.7 Å². The zero-order chi connectivity index (χ0) is 36.1. The molecule has 0 aliphatic heterocycles. The Bertz CT molecular complexity index is 866. The van der Waals surface area contributed by atoms with Crippen LogP contribution in [0.4, 0.5) is 0 Å². The number of rotatable bonds is 37. The molecule has 9 nitrogen and oxygen atoms in total. The molecule has 0 aromatic carbocycles. The summed E-state index contributed by atoms with van der Waals surface area (Å²) in [5, 5.41) is 0. The summed E-state index contributed by atoms with van der Waals surface area (Å²) in [7, 11) is -4.37. The summed E-state index contributed by atoms with van der Waals surface area (Å²) < 4.78 is 32.6. The van der Waals surface area contributed by atoms with E-state index in [0.29, 0.717) is 6.42 Å². The Morgan fingerprint density at radius 3 is 1.47 bits per heavy atom. The first-order valence-corrected chi connectivity index (χ1v) is 21.3. The summed E-state index contributed by atoms with van der Waals surface area (Å²) in [6.45, 7) is 3.69. The summed E-state index contributed by atoms with van der Waals surface area (Å²) in [4.78, 5) is 34.7. The molecule has 0 saturated carbocycles. The van der Waals surface area contributed by atoms with Gasteiger partial charge in [0.25, 0.3) is 0 Å². The van der Waals surface area contributed by atoms with Crippen molar-refractivity contribution >= 4 is 19.8 Å². The van der Waals surface area contributed by atoms with Crippen molar-refractivity contribution in [1.29, 1.82) is 0 Å². The highest BCUT2D eigenvalue weighted by Gasteiger charge is 2.25. The Kier molecular flexibility index (Phi) is 35.2. The van der Waals surface area contributed by atoms with E-state index in [4.69, 9.17) is 24.3 Å². The number of carbonyl (C=O) groups is 2. The molecular formula is C39H74NO8P. The fourth-order valence-electron chi connectivity index (χ4n) is 5.33. The number of phosphoric acid groups is 1. The van der Waals surface area contributed by atoms with Crippen LogP contribution < -0.4 is 5.73 Å². The molecule has 10 heteroatoms. The highest BCUT2D eigenvalue weighted by molar-refractivity contribution is 7.47. The third kappa shape index (κ3) is 36.1. The molecule has 0 aromatic heterocycles. The van der Waals surface area contributed by atoms with Gasteiger partial charge in [0.15, 0.2) is 6.10 Å². The van der Waals surface area contributed by atoms with Crippen molar-refractivity contribution in [2.75, 3.05) is 26.4 Å². The fourth-order valence-corrected chi connectivity index (χ4v) is 6.09. The van der Waals surface area contributed by atoms with E-state index in [1.807, 2.05) is 0 Å². The van der Waals surface area contributed by atoms with E-state index in [2.05, 4.69) is 38.2 Å². The summed E-state index contributed by atoms with van der Waals surface area (Å²) in [6, 6.07) is 0. The molecule has 0 saturated heterocycles. The van der Waals surface area contributed by atoms with Gasteiger partial charge in [0, 0.05) is 19.4 Å². The number of carbonyl (C=O) groups excluding carboxylic acids is 2. The normalized spacial score (nSPS) is 13.6. The molecule has 0 aliphatic rings. The lowest BCUT2D eigenvalue weighted by Crippen LogP contribution is -2.29. The predicted molar refractivity (Wildman–Crippen MR) is 201 cm³/mol. The van der Waals surface area contributed by atoms with Gasteiger partial charge in [0.05, 0.1) is 13.2 Å². The first kappa shape index (κ1) is 47.5. The summed E-state index contributed by atoms with van der Waals surface area (Å²) in [6.07, 6.45) is 36.3. The van der Waals surface area contributed by atoms with Crippen molar-refractivity contribution in [1.82, 2.24) is 0 Å². The monoisotopic (exact) mass is 716 g/mol. The summed E-state index contributed by atoms with van der Waals surface area (Å²) in [5.41, 5.74) is 5.33. The van der Waals surface area contributed by atoms with E-state index in [9.17, 15) is 19.0 Å². The number of ether oxygens (including phenoxy) is 2. The lowest BCUT2D eigenvalue weighted by atomic mass is 10.1. The SMILES string of the molecule is CCCCCC/C=C/CCCCCCCC(=O)O[C@H](COC(=O)CCCCCCC/C=C/CCCCCCCC)COP(=O)(O)OCCN. The number of unbranched alkanes of at least 4 members (excludes halogenated alkanes) is 20. The Morgan fingerprint density at radius 1 is 0.592 bits per heavy atom. The number of hydrogen-bond acceptors (Lipinski definition) is 8. The van der Waals surface area contributed by atoms with Crippen molar-refractivity contribution in [3.05, 3.63) is 24.3 Å². The van der Waals surface area contributed by atoms with E-state index in [-0.39, 0.29) is 32.6 Å². The standard InChI is InChI=1S/C39H74NO8P/c1-3-5-7-9-11-13-15-17-18-20-21-23-25-27-29-31-38(41)45-35-37(36-47-49(43,44)46-34-33-40)48-39(42)32-30-28-26-24-22-19-16-14-12-10-8-6-4-2/h14,16-18,37H,3-13,15,19-36,40H2,1-2H3,(H,43,44)/b16-14+,18-17+/t37-/m1/s1. The van der Waals surface area contributed by atoms with Crippen LogP contribution in [0.25, 0.3) is 0 Å². The van der Waals surface area contributed by atoms with Gasteiger partial charge in [-0.2, -0.15) is 0 Å². The van der Waals surface area contributed by atoms with Gasteiger partial charge in [-0.3, -0.25) is 18.6 Å². The van der Waals surface area contributed by atoms with E-state index in [1.165, 1.54) is 77.0 Å². The molecule has 288 valence electrons. The van der Waals surface area contributed by atoms with Crippen molar-refractivity contribution in [2.45, 2.75) is 187 Å². The van der Waals surface area contributed by atoms with Crippen molar-refractivity contribution < 1.29 is 37.6 Å². The number of allylic oxidation sites excluding steroid dienone is 4. The third-order valence-corrected chi connectivity index (χ3v) is 9.29. The molecule has 0 amide bonds. The highest BCUT2D eigenvalue weighted by Crippen LogP contribution is 2.43. The number of phosphoric ester groups is 1. The zero-order valence-electron chi connectivity index (χ0n) is 31.4. The zero-order valence-corrected chi connectivity index (χ0v) is 32.3.